The summed E-state index contributed by atoms with van der Waals surface area (Å²) < 4.78 is 61.6. The Morgan fingerprint density at radius 1 is 0.963 bits per heavy atom. The predicted molar refractivity (Wildman–Crippen MR) is 191 cm³/mol. The number of para-hydroxylation sites is 1. The second-order valence-electron chi connectivity index (χ2n) is 11.4. The van der Waals surface area contributed by atoms with Gasteiger partial charge in [0, 0.05) is 35.3 Å². The number of aryl methyl sites for hydroxylation is 1. The molecule has 25 heteroatoms. The van der Waals surface area contributed by atoms with Crippen LogP contribution in [0.15, 0.2) is 98.6 Å². The largest absolute Gasteiger partial charge is 0.490 e. The van der Waals surface area contributed by atoms with Crippen LogP contribution in [-0.4, -0.2) is 57.4 Å². The molecule has 5 atom stereocenters. The molecule has 20 nitrogen and oxygen atoms in total. The lowest BCUT2D eigenvalue weighted by Gasteiger charge is -2.21. The minimum Gasteiger partial charge on any atom is -0.370 e. The van der Waals surface area contributed by atoms with Crippen molar-refractivity contribution in [1.29, 1.82) is 0 Å². The lowest BCUT2D eigenvalue weighted by molar-refractivity contribution is -0.386. The van der Waals surface area contributed by atoms with Gasteiger partial charge < -0.3 is 29.0 Å². The molecule has 0 spiro atoms. The first-order chi connectivity index (χ1) is 25.4. The number of hydrogen-bond acceptors (Lipinski definition) is 15. The van der Waals surface area contributed by atoms with E-state index >= 15 is 0 Å². The highest BCUT2D eigenvalue weighted by molar-refractivity contribution is 8.76. The van der Waals surface area contributed by atoms with Gasteiger partial charge in [0.1, 0.15) is 17.4 Å². The number of phosphoric acid groups is 3. The Balaban J connectivity index is 1.36. The van der Waals surface area contributed by atoms with Gasteiger partial charge in [-0.3, -0.25) is 28.6 Å². The predicted octanol–water partition coefficient (Wildman–Crippen LogP) is 4.69. The molecule has 4 aromatic rings. The quantitative estimate of drug-likeness (QED) is 0.0485. The Bertz CT molecular complexity index is 2240. The van der Waals surface area contributed by atoms with E-state index in [0.717, 1.165) is 19.1 Å². The number of rotatable bonds is 17. The number of pyridine rings is 1. The van der Waals surface area contributed by atoms with Gasteiger partial charge in [-0.2, -0.15) is 8.62 Å². The van der Waals surface area contributed by atoms with E-state index in [2.05, 4.69) is 13.6 Å². The number of benzene rings is 2. The maximum absolute atomic E-state index is 13.8. The summed E-state index contributed by atoms with van der Waals surface area (Å²) in [5, 5.41) is 12.4. The summed E-state index contributed by atoms with van der Waals surface area (Å²) in [4.78, 5) is 80.2. The highest BCUT2D eigenvalue weighted by Gasteiger charge is 2.44. The van der Waals surface area contributed by atoms with Crippen molar-refractivity contribution in [3.8, 4) is 0 Å². The Labute approximate surface area is 313 Å². The Morgan fingerprint density at radius 3 is 2.33 bits per heavy atom. The molecule has 3 unspecified atom stereocenters. The second kappa shape index (κ2) is 17.7. The van der Waals surface area contributed by atoms with Crippen molar-refractivity contribution in [3.05, 3.63) is 127 Å². The minimum absolute atomic E-state index is 0.114. The molecule has 54 heavy (non-hydrogen) atoms. The van der Waals surface area contributed by atoms with E-state index in [4.69, 9.17) is 23.8 Å². The lowest BCUT2D eigenvalue weighted by atomic mass is 10.1. The highest BCUT2D eigenvalue weighted by atomic mass is 33.1. The number of ether oxygens (including phenoxy) is 2. The maximum atomic E-state index is 13.8. The molecule has 1 aliphatic heterocycles. The lowest BCUT2D eigenvalue weighted by Crippen LogP contribution is -2.42. The van der Waals surface area contributed by atoms with Gasteiger partial charge >= 0.3 is 29.2 Å². The molecule has 1 saturated heterocycles. The van der Waals surface area contributed by atoms with Gasteiger partial charge in [-0.25, -0.2) is 23.5 Å². The fourth-order valence-corrected chi connectivity index (χ4v) is 9.97. The summed E-state index contributed by atoms with van der Waals surface area (Å²) >= 11 is 0. The Morgan fingerprint density at radius 2 is 1.67 bits per heavy atom. The van der Waals surface area contributed by atoms with Gasteiger partial charge in [0.25, 0.3) is 11.2 Å². The monoisotopic (exact) mass is 848 g/mol. The van der Waals surface area contributed by atoms with Crippen LogP contribution in [0.2, 0.25) is 0 Å². The van der Waals surface area contributed by atoms with Gasteiger partial charge in [-0.1, -0.05) is 41.1 Å². The molecule has 0 saturated carbocycles. The summed E-state index contributed by atoms with van der Waals surface area (Å²) in [5.41, 5.74) is -0.691. The molecule has 4 N–H and O–H groups in total. The van der Waals surface area contributed by atoms with Crippen molar-refractivity contribution >= 4 is 50.7 Å². The smallest absolute Gasteiger partial charge is 0.370 e. The molecule has 0 radical (unpaired) electrons. The van der Waals surface area contributed by atoms with Crippen molar-refractivity contribution in [1.82, 2.24) is 14.1 Å². The number of nitrogens with zero attached hydrogens (tertiary/aromatic N) is 4. The number of nitro groups is 1. The first-order valence-corrected chi connectivity index (χ1v) is 22.0. The standard InChI is InChI=1S/C29H31N4O16P3S2/c1-19-15-31(29(35)32(28(19)34)16-20-9-11-22(12-10-20)53-54-26-8-4-5-13-30-26)27-14-24(45-17-21-6-2-3-7-23(21)33(36)37)25(47-27)18-46-51(41,42)49-52(43,44)48-50(38,39)40/h2-13,15,24-25,27H,14,16-18H2,1H3,(H,41,42)(H,43,44)(H2,38,39,40)/t24?,25-,27-/m1/s1. The van der Waals surface area contributed by atoms with Crippen LogP contribution in [0.4, 0.5) is 5.69 Å². The van der Waals surface area contributed by atoms with Crippen LogP contribution in [0.25, 0.3) is 0 Å². The van der Waals surface area contributed by atoms with Crippen LogP contribution in [-0.2, 0) is 49.5 Å². The summed E-state index contributed by atoms with van der Waals surface area (Å²) in [6.07, 6.45) is -0.901. The number of aromatic nitrogens is 3. The summed E-state index contributed by atoms with van der Waals surface area (Å²) in [5.74, 6) is 0. The van der Waals surface area contributed by atoms with E-state index in [-0.39, 0.29) is 36.4 Å². The zero-order chi connectivity index (χ0) is 39.3. The molecule has 3 heterocycles. The third kappa shape index (κ3) is 11.6. The SMILES string of the molecule is Cc1cn([C@H]2CC(OCc3ccccc3[N+](=O)[O-])[C@@H](COP(=O)(O)OP(=O)(O)OP(=O)(O)O)O2)c(=O)n(Cc2ccc(SSc3ccccn3)cc2)c1=O. The van der Waals surface area contributed by atoms with Crippen LogP contribution in [0.3, 0.4) is 0 Å². The van der Waals surface area contributed by atoms with E-state index in [0.29, 0.717) is 5.56 Å². The molecule has 0 aliphatic carbocycles. The van der Waals surface area contributed by atoms with Crippen molar-refractivity contribution in [2.45, 2.75) is 54.9 Å². The molecule has 290 valence electrons. The number of phosphoric ester groups is 1. The van der Waals surface area contributed by atoms with Crippen LogP contribution in [0.5, 0.6) is 0 Å². The van der Waals surface area contributed by atoms with Crippen LogP contribution in [0.1, 0.15) is 29.3 Å². The molecule has 0 amide bonds. The van der Waals surface area contributed by atoms with Crippen LogP contribution < -0.4 is 11.2 Å². The van der Waals surface area contributed by atoms with E-state index in [1.165, 1.54) is 59.0 Å². The average Bonchev–Trinajstić information content (AvgIpc) is 3.51. The Kier molecular flexibility index (Phi) is 13.7. The van der Waals surface area contributed by atoms with E-state index in [9.17, 15) is 43.2 Å². The number of hydrogen-bond donors (Lipinski definition) is 4. The van der Waals surface area contributed by atoms with Crippen LogP contribution in [0, 0.1) is 17.0 Å². The van der Waals surface area contributed by atoms with Crippen molar-refractivity contribution in [2.24, 2.45) is 0 Å². The van der Waals surface area contributed by atoms with Crippen molar-refractivity contribution in [2.75, 3.05) is 6.61 Å². The minimum atomic E-state index is -5.83. The third-order valence-corrected chi connectivity index (χ3v) is 13.5. The average molecular weight is 849 g/mol. The molecular weight excluding hydrogens is 817 g/mol. The first-order valence-electron chi connectivity index (χ1n) is 15.3. The van der Waals surface area contributed by atoms with E-state index in [1.807, 2.05) is 30.3 Å². The number of nitro benzene ring substituents is 1. The maximum Gasteiger partial charge on any atom is 0.490 e. The van der Waals surface area contributed by atoms with Gasteiger partial charge in [-0.15, -0.1) is 0 Å². The zero-order valence-electron chi connectivity index (χ0n) is 27.7. The molecule has 2 aromatic carbocycles. The summed E-state index contributed by atoms with van der Waals surface area (Å²) in [6, 6.07) is 18.4. The summed E-state index contributed by atoms with van der Waals surface area (Å²) in [6.45, 7) is 0.0644. The molecule has 1 fully saturated rings. The molecular formula is C29H31N4O16P3S2. The van der Waals surface area contributed by atoms with E-state index < -0.39 is 64.7 Å². The molecule has 0 bridgehead atoms. The molecule has 1 aliphatic rings. The highest BCUT2D eigenvalue weighted by Crippen LogP contribution is 2.66. The van der Waals surface area contributed by atoms with Gasteiger partial charge in [-0.05, 0) is 53.6 Å². The fraction of sp³-hybridized carbons (Fsp3) is 0.276. The molecule has 2 aromatic heterocycles. The van der Waals surface area contributed by atoms with Crippen LogP contribution >= 0.6 is 45.1 Å². The zero-order valence-corrected chi connectivity index (χ0v) is 32.0. The van der Waals surface area contributed by atoms with Gasteiger partial charge in [0.15, 0.2) is 0 Å². The second-order valence-corrected chi connectivity index (χ2v) is 18.0. The van der Waals surface area contributed by atoms with Crippen molar-refractivity contribution < 1.29 is 60.8 Å². The fourth-order valence-electron chi connectivity index (χ4n) is 5.10. The normalized spacial score (nSPS) is 19.6. The van der Waals surface area contributed by atoms with Crippen molar-refractivity contribution in [3.63, 3.8) is 0 Å². The van der Waals surface area contributed by atoms with Gasteiger partial charge in [0.2, 0.25) is 0 Å². The van der Waals surface area contributed by atoms with Gasteiger partial charge in [0.05, 0.1) is 36.3 Å². The topological polar surface area (TPSA) is 278 Å². The molecule has 5 rings (SSSR count). The Hall–Kier alpha value is -3.30. The first kappa shape index (κ1) is 41.9. The summed E-state index contributed by atoms with van der Waals surface area (Å²) in [7, 11) is -14.1. The third-order valence-electron chi connectivity index (χ3n) is 7.44. The van der Waals surface area contributed by atoms with E-state index in [1.54, 1.807) is 18.3 Å².